The molecule has 0 radical (unpaired) electrons. The van der Waals surface area contributed by atoms with E-state index in [-0.39, 0.29) is 17.0 Å². The van der Waals surface area contributed by atoms with Gasteiger partial charge in [-0.25, -0.2) is 13.1 Å². The second-order valence-electron chi connectivity index (χ2n) is 7.59. The van der Waals surface area contributed by atoms with Gasteiger partial charge in [-0.05, 0) is 50.6 Å². The van der Waals surface area contributed by atoms with Crippen molar-refractivity contribution in [1.29, 1.82) is 0 Å². The monoisotopic (exact) mass is 411 g/mol. The van der Waals surface area contributed by atoms with Crippen LogP contribution in [0.15, 0.2) is 59.5 Å². The topological polar surface area (TPSA) is 52.7 Å². The van der Waals surface area contributed by atoms with Crippen LogP contribution in [0.4, 0.5) is 5.69 Å². The molecule has 1 N–H and O–H groups in total. The first kappa shape index (κ1) is 21.4. The highest BCUT2D eigenvalue weighted by atomic mass is 32.2. The van der Waals surface area contributed by atoms with Crippen molar-refractivity contribution in [3.8, 4) is 11.8 Å². The molecule has 0 aliphatic carbocycles. The zero-order valence-electron chi connectivity index (χ0n) is 17.3. The molecule has 6 heteroatoms. The molecule has 0 aromatic heterocycles. The second-order valence-corrected chi connectivity index (χ2v) is 9.31. The normalized spacial score (nSPS) is 17.8. The van der Waals surface area contributed by atoms with Crippen LogP contribution >= 0.6 is 0 Å². The number of piperazine rings is 1. The predicted octanol–water partition coefficient (Wildman–Crippen LogP) is 3.09. The van der Waals surface area contributed by atoms with Gasteiger partial charge in [0, 0.05) is 37.9 Å². The van der Waals surface area contributed by atoms with Crippen molar-refractivity contribution in [1.82, 2.24) is 9.62 Å². The molecule has 0 spiro atoms. The molecule has 0 saturated carbocycles. The quantitative estimate of drug-likeness (QED) is 0.743. The second kappa shape index (κ2) is 9.45. The Morgan fingerprint density at radius 1 is 1.07 bits per heavy atom. The van der Waals surface area contributed by atoms with E-state index in [0.717, 1.165) is 31.9 Å². The Bertz CT molecular complexity index is 961. The fourth-order valence-electron chi connectivity index (χ4n) is 3.62. The maximum Gasteiger partial charge on any atom is 0.240 e. The Morgan fingerprint density at radius 3 is 2.38 bits per heavy atom. The van der Waals surface area contributed by atoms with Crippen LogP contribution in [0, 0.1) is 11.8 Å². The van der Waals surface area contributed by atoms with Gasteiger partial charge in [0.05, 0.1) is 4.90 Å². The van der Waals surface area contributed by atoms with Crippen LogP contribution in [0.5, 0.6) is 0 Å². The minimum absolute atomic E-state index is 0.0775. The summed E-state index contributed by atoms with van der Waals surface area (Å²) in [4.78, 5) is 4.98. The molecule has 1 heterocycles. The molecule has 0 amide bonds. The number of anilines is 1. The number of hydrogen-bond acceptors (Lipinski definition) is 4. The predicted molar refractivity (Wildman–Crippen MR) is 118 cm³/mol. The Kier molecular flexibility index (Phi) is 6.96. The maximum absolute atomic E-state index is 12.4. The van der Waals surface area contributed by atoms with Gasteiger partial charge in [0.15, 0.2) is 0 Å². The highest BCUT2D eigenvalue weighted by Crippen LogP contribution is 2.23. The molecule has 1 fully saturated rings. The van der Waals surface area contributed by atoms with Gasteiger partial charge in [-0.1, -0.05) is 36.3 Å². The summed E-state index contributed by atoms with van der Waals surface area (Å²) in [6.45, 7) is 9.04. The van der Waals surface area contributed by atoms with Gasteiger partial charge in [0.2, 0.25) is 10.0 Å². The molecule has 2 aromatic rings. The summed E-state index contributed by atoms with van der Waals surface area (Å²) in [7, 11) is -3.48. The molecular formula is C23H29N3O2S. The van der Waals surface area contributed by atoms with Crippen molar-refractivity contribution in [2.45, 2.75) is 44.3 Å². The van der Waals surface area contributed by atoms with Gasteiger partial charge in [-0.15, -0.1) is 5.92 Å². The van der Waals surface area contributed by atoms with E-state index in [0.29, 0.717) is 0 Å². The largest absolute Gasteiger partial charge is 0.355 e. The number of hydrogen-bond donors (Lipinski definition) is 1. The standard InChI is InChI=1S/C23H29N3O2S/c1-4-8-22-18-25(17-20-9-6-5-7-10-20)15-16-26(22)21-11-13-23(14-12-21)29(27,28)24-19(2)3/h5-7,9-14,19,22,24H,15-18H2,1-3H3/t22-/m0/s1. The van der Waals surface area contributed by atoms with Gasteiger partial charge in [-0.2, -0.15) is 0 Å². The molecule has 1 atom stereocenters. The highest BCUT2D eigenvalue weighted by molar-refractivity contribution is 7.89. The summed E-state index contributed by atoms with van der Waals surface area (Å²) >= 11 is 0. The molecule has 154 valence electrons. The molecule has 0 bridgehead atoms. The lowest BCUT2D eigenvalue weighted by Crippen LogP contribution is -2.52. The first-order valence-electron chi connectivity index (χ1n) is 9.96. The Balaban J connectivity index is 1.73. The minimum atomic E-state index is -3.48. The SMILES string of the molecule is CC#C[C@H]1CN(Cc2ccccc2)CCN1c1ccc(S(=O)(=O)NC(C)C)cc1. The molecule has 2 aromatic carbocycles. The fraction of sp³-hybridized carbons (Fsp3) is 0.391. The molecule has 3 rings (SSSR count). The van der Waals surface area contributed by atoms with Crippen molar-refractivity contribution in [2.24, 2.45) is 0 Å². The zero-order valence-corrected chi connectivity index (χ0v) is 18.1. The highest BCUT2D eigenvalue weighted by Gasteiger charge is 2.26. The van der Waals surface area contributed by atoms with E-state index < -0.39 is 10.0 Å². The number of rotatable bonds is 6. The van der Waals surface area contributed by atoms with Crippen LogP contribution in [-0.4, -0.2) is 45.0 Å². The third kappa shape index (κ3) is 5.60. The van der Waals surface area contributed by atoms with Crippen LogP contribution in [0.2, 0.25) is 0 Å². The number of nitrogens with zero attached hydrogens (tertiary/aromatic N) is 2. The summed E-state index contributed by atoms with van der Waals surface area (Å²) in [5.41, 5.74) is 2.30. The molecule has 5 nitrogen and oxygen atoms in total. The van der Waals surface area contributed by atoms with E-state index in [1.165, 1.54) is 5.56 Å². The Labute approximate surface area is 174 Å². The average Bonchev–Trinajstić information content (AvgIpc) is 2.68. The van der Waals surface area contributed by atoms with Gasteiger partial charge in [0.25, 0.3) is 0 Å². The first-order chi connectivity index (χ1) is 13.9. The zero-order chi connectivity index (χ0) is 20.9. The van der Waals surface area contributed by atoms with Gasteiger partial charge in [0.1, 0.15) is 6.04 Å². The number of nitrogens with one attached hydrogen (secondary N) is 1. The number of benzene rings is 2. The van der Waals surface area contributed by atoms with Gasteiger partial charge < -0.3 is 4.90 Å². The molecule has 0 unspecified atom stereocenters. The van der Waals surface area contributed by atoms with Gasteiger partial charge in [-0.3, -0.25) is 4.90 Å². The lowest BCUT2D eigenvalue weighted by atomic mass is 10.1. The molecule has 29 heavy (non-hydrogen) atoms. The van der Waals surface area contributed by atoms with E-state index in [1.54, 1.807) is 12.1 Å². The van der Waals surface area contributed by atoms with E-state index in [4.69, 9.17) is 0 Å². The lowest BCUT2D eigenvalue weighted by molar-refractivity contribution is 0.232. The Morgan fingerprint density at radius 2 is 1.76 bits per heavy atom. The molecule has 1 aliphatic rings. The van der Waals surface area contributed by atoms with Crippen molar-refractivity contribution in [3.05, 3.63) is 60.2 Å². The van der Waals surface area contributed by atoms with Crippen molar-refractivity contribution in [2.75, 3.05) is 24.5 Å². The summed E-state index contributed by atoms with van der Waals surface area (Å²) in [6.07, 6.45) is 0. The van der Waals surface area contributed by atoms with E-state index in [2.05, 4.69) is 50.6 Å². The average molecular weight is 412 g/mol. The third-order valence-corrected chi connectivity index (χ3v) is 6.57. The van der Waals surface area contributed by atoms with Crippen LogP contribution in [-0.2, 0) is 16.6 Å². The first-order valence-corrected chi connectivity index (χ1v) is 11.4. The van der Waals surface area contributed by atoms with Crippen LogP contribution < -0.4 is 9.62 Å². The number of sulfonamides is 1. The lowest BCUT2D eigenvalue weighted by Gasteiger charge is -2.40. The third-order valence-electron chi connectivity index (χ3n) is 4.89. The summed E-state index contributed by atoms with van der Waals surface area (Å²) in [5, 5.41) is 0. The van der Waals surface area contributed by atoms with Crippen LogP contribution in [0.25, 0.3) is 0 Å². The summed E-state index contributed by atoms with van der Waals surface area (Å²) in [5.74, 6) is 6.38. The molecule has 1 aliphatic heterocycles. The van der Waals surface area contributed by atoms with Crippen molar-refractivity contribution < 1.29 is 8.42 Å². The maximum atomic E-state index is 12.4. The van der Waals surface area contributed by atoms with Crippen molar-refractivity contribution in [3.63, 3.8) is 0 Å². The minimum Gasteiger partial charge on any atom is -0.355 e. The molecular weight excluding hydrogens is 382 g/mol. The van der Waals surface area contributed by atoms with Gasteiger partial charge >= 0.3 is 0 Å². The summed E-state index contributed by atoms with van der Waals surface area (Å²) < 4.78 is 27.3. The smallest absolute Gasteiger partial charge is 0.240 e. The van der Waals surface area contributed by atoms with E-state index in [9.17, 15) is 8.42 Å². The fourth-order valence-corrected chi connectivity index (χ4v) is 4.87. The van der Waals surface area contributed by atoms with E-state index >= 15 is 0 Å². The molecule has 1 saturated heterocycles. The van der Waals surface area contributed by atoms with E-state index in [1.807, 2.05) is 39.0 Å². The summed E-state index contributed by atoms with van der Waals surface area (Å²) in [6, 6.07) is 17.5. The van der Waals surface area contributed by atoms with Crippen LogP contribution in [0.3, 0.4) is 0 Å². The van der Waals surface area contributed by atoms with Crippen molar-refractivity contribution >= 4 is 15.7 Å². The van der Waals surface area contributed by atoms with Crippen LogP contribution in [0.1, 0.15) is 26.3 Å². The Hall–Kier alpha value is -2.33.